The van der Waals surface area contributed by atoms with Crippen molar-refractivity contribution in [3.63, 3.8) is 0 Å². The molecule has 1 atom stereocenters. The van der Waals surface area contributed by atoms with Gasteiger partial charge in [-0.05, 0) is 32.1 Å². The van der Waals surface area contributed by atoms with Gasteiger partial charge in [0.25, 0.3) is 0 Å². The van der Waals surface area contributed by atoms with Crippen LogP contribution in [0.1, 0.15) is 32.1 Å². The molecule has 0 saturated carbocycles. The highest BCUT2D eigenvalue weighted by Gasteiger charge is 2.29. The molecule has 2 nitrogen and oxygen atoms in total. The Morgan fingerprint density at radius 1 is 1.41 bits per heavy atom. The second-order valence-corrected chi connectivity index (χ2v) is 4.95. The number of allylic oxidation sites excluding steroid dienone is 3. The number of ether oxygens (including phenoxy) is 2. The third-order valence-electron chi connectivity index (χ3n) is 3.55. The zero-order chi connectivity index (χ0) is 12.1. The van der Waals surface area contributed by atoms with Crippen LogP contribution in [0.25, 0.3) is 0 Å². The first-order chi connectivity index (χ1) is 8.29. The summed E-state index contributed by atoms with van der Waals surface area (Å²) >= 11 is 0. The predicted molar refractivity (Wildman–Crippen MR) is 65.1 cm³/mol. The molecule has 0 aromatic carbocycles. The Morgan fingerprint density at radius 2 is 2.18 bits per heavy atom. The Bertz CT molecular complexity index is 280. The minimum atomic E-state index is -0.126. The fourth-order valence-electron chi connectivity index (χ4n) is 2.42. The van der Waals surface area contributed by atoms with Gasteiger partial charge in [-0.3, -0.25) is 0 Å². The summed E-state index contributed by atoms with van der Waals surface area (Å²) in [7, 11) is 0. The van der Waals surface area contributed by atoms with Gasteiger partial charge in [-0.15, -0.1) is 6.58 Å². The Balaban J connectivity index is 1.73. The van der Waals surface area contributed by atoms with Crippen LogP contribution < -0.4 is 0 Å². The molecule has 1 aliphatic carbocycles. The molecule has 1 aliphatic heterocycles. The van der Waals surface area contributed by atoms with Crippen LogP contribution in [0.5, 0.6) is 0 Å². The largest absolute Gasteiger partial charge is 0.352 e. The monoisotopic (exact) mass is 240 g/mol. The molecule has 1 unspecified atom stereocenters. The highest BCUT2D eigenvalue weighted by atomic mass is 19.1. The molecule has 2 rings (SSSR count). The molecule has 0 bridgehead atoms. The predicted octanol–water partition coefficient (Wildman–Crippen LogP) is 3.60. The molecule has 17 heavy (non-hydrogen) atoms. The first-order valence-corrected chi connectivity index (χ1v) is 6.48. The maximum absolute atomic E-state index is 12.9. The summed E-state index contributed by atoms with van der Waals surface area (Å²) < 4.78 is 24.4. The van der Waals surface area contributed by atoms with Crippen molar-refractivity contribution in [3.05, 3.63) is 24.6 Å². The quantitative estimate of drug-likeness (QED) is 0.699. The van der Waals surface area contributed by atoms with Gasteiger partial charge in [-0.2, -0.15) is 0 Å². The minimum Gasteiger partial charge on any atom is -0.352 e. The van der Waals surface area contributed by atoms with E-state index in [0.717, 1.165) is 38.9 Å². The van der Waals surface area contributed by atoms with Crippen molar-refractivity contribution >= 4 is 0 Å². The van der Waals surface area contributed by atoms with Gasteiger partial charge in [0.15, 0.2) is 6.29 Å². The summed E-state index contributed by atoms with van der Waals surface area (Å²) in [5, 5.41) is 0. The third kappa shape index (κ3) is 3.65. The zero-order valence-electron chi connectivity index (χ0n) is 10.2. The Kier molecular flexibility index (Phi) is 4.75. The summed E-state index contributed by atoms with van der Waals surface area (Å²) in [6, 6.07) is 0. The summed E-state index contributed by atoms with van der Waals surface area (Å²) in [5.74, 6) is 0.830. The van der Waals surface area contributed by atoms with E-state index in [1.165, 1.54) is 0 Å². The maximum Gasteiger partial charge on any atom is 0.160 e. The molecule has 1 heterocycles. The summed E-state index contributed by atoms with van der Waals surface area (Å²) in [5.41, 5.74) is 0. The van der Waals surface area contributed by atoms with Gasteiger partial charge in [0, 0.05) is 11.8 Å². The molecule has 0 aromatic rings. The highest BCUT2D eigenvalue weighted by Crippen LogP contribution is 2.31. The van der Waals surface area contributed by atoms with Crippen LogP contribution in [0, 0.1) is 11.8 Å². The molecule has 0 N–H and O–H groups in total. The molecule has 0 radical (unpaired) electrons. The van der Waals surface area contributed by atoms with Crippen molar-refractivity contribution in [3.8, 4) is 0 Å². The first-order valence-electron chi connectivity index (χ1n) is 6.48. The molecular formula is C14H21FO2. The van der Waals surface area contributed by atoms with E-state index in [0.29, 0.717) is 18.3 Å². The molecule has 0 aromatic heterocycles. The van der Waals surface area contributed by atoms with E-state index in [2.05, 4.69) is 6.58 Å². The standard InChI is InChI=1S/C14H21FO2/c1-2-3-4-11-9-16-14(17-10-11)12-5-7-13(15)8-6-12/h2,7,11-12,14H,1,3-6,8-10H2. The van der Waals surface area contributed by atoms with E-state index in [9.17, 15) is 4.39 Å². The van der Waals surface area contributed by atoms with Crippen LogP contribution in [-0.4, -0.2) is 19.5 Å². The van der Waals surface area contributed by atoms with E-state index in [-0.39, 0.29) is 12.1 Å². The van der Waals surface area contributed by atoms with Gasteiger partial charge >= 0.3 is 0 Å². The average Bonchev–Trinajstić information content (AvgIpc) is 2.38. The van der Waals surface area contributed by atoms with Crippen LogP contribution in [0.4, 0.5) is 4.39 Å². The van der Waals surface area contributed by atoms with Crippen molar-refractivity contribution in [2.45, 2.75) is 38.4 Å². The molecule has 3 heteroatoms. The lowest BCUT2D eigenvalue weighted by Crippen LogP contribution is -2.37. The fourth-order valence-corrected chi connectivity index (χ4v) is 2.42. The van der Waals surface area contributed by atoms with Crippen LogP contribution in [-0.2, 0) is 9.47 Å². The zero-order valence-corrected chi connectivity index (χ0v) is 10.2. The Labute approximate surface area is 102 Å². The smallest absolute Gasteiger partial charge is 0.160 e. The molecule has 1 saturated heterocycles. The number of hydrogen-bond acceptors (Lipinski definition) is 2. The van der Waals surface area contributed by atoms with Gasteiger partial charge < -0.3 is 9.47 Å². The molecule has 2 aliphatic rings. The second kappa shape index (κ2) is 6.31. The Hall–Kier alpha value is -0.670. The van der Waals surface area contributed by atoms with Crippen molar-refractivity contribution in [2.75, 3.05) is 13.2 Å². The first kappa shape index (κ1) is 12.8. The lowest BCUT2D eigenvalue weighted by atomic mass is 9.92. The maximum atomic E-state index is 12.9. The lowest BCUT2D eigenvalue weighted by Gasteiger charge is -2.34. The Morgan fingerprint density at radius 3 is 2.76 bits per heavy atom. The van der Waals surface area contributed by atoms with E-state index in [4.69, 9.17) is 9.47 Å². The van der Waals surface area contributed by atoms with Gasteiger partial charge in [0.1, 0.15) is 0 Å². The molecule has 0 amide bonds. The molecule has 0 spiro atoms. The van der Waals surface area contributed by atoms with E-state index in [1.54, 1.807) is 6.08 Å². The second-order valence-electron chi connectivity index (χ2n) is 4.95. The average molecular weight is 240 g/mol. The number of halogens is 1. The van der Waals surface area contributed by atoms with Crippen LogP contribution >= 0.6 is 0 Å². The fraction of sp³-hybridized carbons (Fsp3) is 0.714. The molecule has 1 fully saturated rings. The van der Waals surface area contributed by atoms with Gasteiger partial charge in [-0.1, -0.05) is 12.2 Å². The summed E-state index contributed by atoms with van der Waals surface area (Å²) in [4.78, 5) is 0. The minimum absolute atomic E-state index is 0.0147. The van der Waals surface area contributed by atoms with Crippen LogP contribution in [0.3, 0.4) is 0 Å². The normalized spacial score (nSPS) is 34.2. The van der Waals surface area contributed by atoms with Gasteiger partial charge in [-0.25, -0.2) is 4.39 Å². The highest BCUT2D eigenvalue weighted by molar-refractivity contribution is 4.98. The lowest BCUT2D eigenvalue weighted by molar-refractivity contribution is -0.226. The van der Waals surface area contributed by atoms with Crippen LogP contribution in [0.15, 0.2) is 24.6 Å². The summed E-state index contributed by atoms with van der Waals surface area (Å²) in [6.45, 7) is 5.25. The van der Waals surface area contributed by atoms with E-state index in [1.807, 2.05) is 6.08 Å². The third-order valence-corrected chi connectivity index (χ3v) is 3.55. The summed E-state index contributed by atoms with van der Waals surface area (Å²) in [6.07, 6.45) is 7.69. The topological polar surface area (TPSA) is 18.5 Å². The van der Waals surface area contributed by atoms with Gasteiger partial charge in [0.2, 0.25) is 0 Å². The van der Waals surface area contributed by atoms with Gasteiger partial charge in [0.05, 0.1) is 19.0 Å². The molecular weight excluding hydrogens is 219 g/mol. The van der Waals surface area contributed by atoms with Crippen LogP contribution in [0.2, 0.25) is 0 Å². The van der Waals surface area contributed by atoms with Crippen molar-refractivity contribution < 1.29 is 13.9 Å². The number of hydrogen-bond donors (Lipinski definition) is 0. The SMILES string of the molecule is C=CCCC1COC(C2CC=C(F)CC2)OC1. The van der Waals surface area contributed by atoms with Crippen molar-refractivity contribution in [1.82, 2.24) is 0 Å². The number of rotatable bonds is 4. The molecule has 96 valence electrons. The van der Waals surface area contributed by atoms with Crippen molar-refractivity contribution in [2.24, 2.45) is 11.8 Å². The van der Waals surface area contributed by atoms with E-state index < -0.39 is 0 Å². The van der Waals surface area contributed by atoms with Crippen molar-refractivity contribution in [1.29, 1.82) is 0 Å². The van der Waals surface area contributed by atoms with E-state index >= 15 is 0 Å².